The summed E-state index contributed by atoms with van der Waals surface area (Å²) in [5.74, 6) is 0.510. The number of benzene rings is 1. The maximum atomic E-state index is 14.0. The standard InChI is InChI=1S/C27H22ClFN8O/c28-25-10-23-21(13-32-25)26(34-16-33-23)35-7-4-17(5-8-35)14-36-15-19-12-31-6-3-24(19)37(27(36)38)20-1-2-22(29)18(9-20)11-30/h1-3,6,9-10,12-13,16-17H,4-5,7-8,14-15H2. The van der Waals surface area contributed by atoms with Gasteiger partial charge >= 0.3 is 6.03 Å². The molecule has 0 spiro atoms. The summed E-state index contributed by atoms with van der Waals surface area (Å²) in [7, 11) is 0. The molecule has 3 aromatic heterocycles. The van der Waals surface area contributed by atoms with Crippen molar-refractivity contribution in [2.24, 2.45) is 5.92 Å². The Kier molecular flexibility index (Phi) is 6.21. The molecule has 5 heterocycles. The number of hydrogen-bond donors (Lipinski definition) is 0. The minimum absolute atomic E-state index is 0.106. The number of halogens is 2. The lowest BCUT2D eigenvalue weighted by Gasteiger charge is -2.40. The van der Waals surface area contributed by atoms with E-state index in [1.165, 1.54) is 18.2 Å². The van der Waals surface area contributed by atoms with Gasteiger partial charge in [-0.05, 0) is 43.0 Å². The number of hydrogen-bond acceptors (Lipinski definition) is 7. The first-order valence-electron chi connectivity index (χ1n) is 12.2. The fourth-order valence-electron chi connectivity index (χ4n) is 5.21. The summed E-state index contributed by atoms with van der Waals surface area (Å²) < 4.78 is 14.0. The highest BCUT2D eigenvalue weighted by Crippen LogP contribution is 2.36. The average Bonchev–Trinajstić information content (AvgIpc) is 2.94. The minimum Gasteiger partial charge on any atom is -0.356 e. The van der Waals surface area contributed by atoms with Crippen LogP contribution in [0.4, 0.5) is 26.4 Å². The Balaban J connectivity index is 1.20. The molecule has 0 bridgehead atoms. The van der Waals surface area contributed by atoms with Gasteiger partial charge in [0.1, 0.15) is 29.2 Å². The average molecular weight is 529 g/mol. The van der Waals surface area contributed by atoms with E-state index < -0.39 is 5.82 Å². The van der Waals surface area contributed by atoms with Crippen LogP contribution in [-0.4, -0.2) is 50.5 Å². The zero-order valence-corrected chi connectivity index (χ0v) is 21.0. The second-order valence-electron chi connectivity index (χ2n) is 9.43. The van der Waals surface area contributed by atoms with Gasteiger partial charge in [-0.1, -0.05) is 11.6 Å². The Morgan fingerprint density at radius 3 is 2.76 bits per heavy atom. The highest BCUT2D eigenvalue weighted by Gasteiger charge is 2.34. The molecule has 2 aliphatic heterocycles. The van der Waals surface area contributed by atoms with Crippen LogP contribution in [0.1, 0.15) is 24.0 Å². The van der Waals surface area contributed by atoms with Crippen LogP contribution in [0.2, 0.25) is 5.15 Å². The Hall–Kier alpha value is -4.36. The zero-order chi connectivity index (χ0) is 26.2. The van der Waals surface area contributed by atoms with Gasteiger partial charge in [-0.2, -0.15) is 5.26 Å². The van der Waals surface area contributed by atoms with E-state index in [1.807, 2.05) is 11.0 Å². The summed E-state index contributed by atoms with van der Waals surface area (Å²) in [4.78, 5) is 36.6. The van der Waals surface area contributed by atoms with E-state index in [-0.39, 0.29) is 11.6 Å². The lowest BCUT2D eigenvalue weighted by Crippen LogP contribution is -2.48. The summed E-state index contributed by atoms with van der Waals surface area (Å²) in [5.41, 5.74) is 2.68. The number of urea groups is 1. The molecule has 4 aromatic rings. The fourth-order valence-corrected chi connectivity index (χ4v) is 5.37. The van der Waals surface area contributed by atoms with Gasteiger partial charge in [-0.25, -0.2) is 24.1 Å². The molecule has 0 unspecified atom stereocenters. The van der Waals surface area contributed by atoms with Crippen molar-refractivity contribution in [2.75, 3.05) is 29.4 Å². The molecule has 0 saturated carbocycles. The molecule has 2 aliphatic rings. The first kappa shape index (κ1) is 24.0. The molecular weight excluding hydrogens is 507 g/mol. The third kappa shape index (κ3) is 4.35. The summed E-state index contributed by atoms with van der Waals surface area (Å²) in [6, 6.07) is 9.31. The lowest BCUT2D eigenvalue weighted by atomic mass is 9.95. The van der Waals surface area contributed by atoms with Gasteiger partial charge in [0.2, 0.25) is 0 Å². The smallest absolute Gasteiger partial charge is 0.329 e. The van der Waals surface area contributed by atoms with E-state index >= 15 is 0 Å². The van der Waals surface area contributed by atoms with Crippen LogP contribution in [0, 0.1) is 23.1 Å². The second-order valence-corrected chi connectivity index (χ2v) is 9.82. The van der Waals surface area contributed by atoms with Gasteiger partial charge in [0.25, 0.3) is 0 Å². The predicted octanol–water partition coefficient (Wildman–Crippen LogP) is 5.07. The number of nitriles is 1. The van der Waals surface area contributed by atoms with Crippen molar-refractivity contribution in [2.45, 2.75) is 19.4 Å². The number of carbonyl (C=O) groups is 1. The normalized spacial score (nSPS) is 16.0. The molecule has 2 amide bonds. The van der Waals surface area contributed by atoms with Crippen molar-refractivity contribution in [3.05, 3.63) is 77.3 Å². The lowest BCUT2D eigenvalue weighted by molar-refractivity contribution is 0.183. The van der Waals surface area contributed by atoms with Crippen LogP contribution in [0.25, 0.3) is 10.9 Å². The number of pyridine rings is 2. The number of fused-ring (bicyclic) bond motifs is 2. The molecule has 1 aromatic carbocycles. The summed E-state index contributed by atoms with van der Waals surface area (Å²) in [6.45, 7) is 2.58. The van der Waals surface area contributed by atoms with E-state index in [0.717, 1.165) is 48.2 Å². The van der Waals surface area contributed by atoms with Crippen molar-refractivity contribution < 1.29 is 9.18 Å². The van der Waals surface area contributed by atoms with E-state index in [4.69, 9.17) is 11.6 Å². The van der Waals surface area contributed by atoms with E-state index in [1.54, 1.807) is 42.0 Å². The maximum absolute atomic E-state index is 14.0. The number of rotatable bonds is 4. The Bertz CT molecular complexity index is 1580. The largest absolute Gasteiger partial charge is 0.356 e. The van der Waals surface area contributed by atoms with Crippen LogP contribution in [0.15, 0.2) is 55.2 Å². The van der Waals surface area contributed by atoms with E-state index in [9.17, 15) is 14.4 Å². The van der Waals surface area contributed by atoms with Crippen LogP contribution < -0.4 is 9.80 Å². The molecule has 1 fully saturated rings. The number of anilines is 3. The summed E-state index contributed by atoms with van der Waals surface area (Å²) in [6.07, 6.45) is 8.38. The molecule has 0 radical (unpaired) electrons. The topological polar surface area (TPSA) is 102 Å². The highest BCUT2D eigenvalue weighted by atomic mass is 35.5. The number of nitrogens with zero attached hydrogens (tertiary/aromatic N) is 8. The van der Waals surface area contributed by atoms with Gasteiger partial charge in [-0.15, -0.1) is 0 Å². The third-order valence-electron chi connectivity index (χ3n) is 7.13. The maximum Gasteiger partial charge on any atom is 0.329 e. The van der Waals surface area contributed by atoms with Crippen molar-refractivity contribution in [1.82, 2.24) is 24.8 Å². The highest BCUT2D eigenvalue weighted by molar-refractivity contribution is 6.30. The first-order valence-corrected chi connectivity index (χ1v) is 12.6. The van der Waals surface area contributed by atoms with Crippen LogP contribution in [0.3, 0.4) is 0 Å². The molecule has 0 aliphatic carbocycles. The Morgan fingerprint density at radius 2 is 1.95 bits per heavy atom. The molecule has 0 N–H and O–H groups in total. The monoisotopic (exact) mass is 528 g/mol. The molecular formula is C27H22ClFN8O. The summed E-state index contributed by atoms with van der Waals surface area (Å²) in [5, 5.41) is 10.6. The summed E-state index contributed by atoms with van der Waals surface area (Å²) >= 11 is 6.03. The molecule has 1 saturated heterocycles. The molecule has 6 rings (SSSR count). The number of aromatic nitrogens is 4. The molecule has 11 heteroatoms. The molecule has 38 heavy (non-hydrogen) atoms. The zero-order valence-electron chi connectivity index (χ0n) is 20.3. The fraction of sp³-hybridized carbons (Fsp3) is 0.259. The van der Waals surface area contributed by atoms with Crippen LogP contribution >= 0.6 is 11.6 Å². The predicted molar refractivity (Wildman–Crippen MR) is 141 cm³/mol. The third-order valence-corrected chi connectivity index (χ3v) is 7.34. The first-order chi connectivity index (χ1) is 18.5. The van der Waals surface area contributed by atoms with E-state index in [2.05, 4.69) is 24.8 Å². The van der Waals surface area contributed by atoms with E-state index in [0.29, 0.717) is 35.5 Å². The number of amides is 2. The van der Waals surface area contributed by atoms with Crippen molar-refractivity contribution >= 4 is 45.7 Å². The SMILES string of the molecule is N#Cc1cc(N2C(=O)N(CC3CCN(c4ncnc5cc(Cl)ncc45)CC3)Cc3cnccc32)ccc1F. The second kappa shape index (κ2) is 9.84. The van der Waals surface area contributed by atoms with Crippen LogP contribution in [-0.2, 0) is 6.54 Å². The van der Waals surface area contributed by atoms with Gasteiger partial charge in [0, 0.05) is 49.9 Å². The Morgan fingerprint density at radius 1 is 1.11 bits per heavy atom. The Labute approximate surface area is 223 Å². The van der Waals surface area contributed by atoms with Gasteiger partial charge in [-0.3, -0.25) is 9.88 Å². The van der Waals surface area contributed by atoms with Crippen LogP contribution in [0.5, 0.6) is 0 Å². The van der Waals surface area contributed by atoms with Gasteiger partial charge in [0.15, 0.2) is 0 Å². The van der Waals surface area contributed by atoms with Crippen molar-refractivity contribution in [3.63, 3.8) is 0 Å². The number of carbonyl (C=O) groups excluding carboxylic acids is 1. The molecule has 0 atom stereocenters. The molecule has 190 valence electrons. The van der Waals surface area contributed by atoms with Crippen molar-refractivity contribution in [3.8, 4) is 6.07 Å². The number of piperidine rings is 1. The van der Waals surface area contributed by atoms with Gasteiger partial charge in [0.05, 0.1) is 34.4 Å². The van der Waals surface area contributed by atoms with Gasteiger partial charge < -0.3 is 9.80 Å². The quantitative estimate of drug-likeness (QED) is 0.340. The van der Waals surface area contributed by atoms with Crippen molar-refractivity contribution in [1.29, 1.82) is 5.26 Å². The minimum atomic E-state index is -0.616. The molecule has 9 nitrogen and oxygen atoms in total.